The molecule has 0 atom stereocenters. The van der Waals surface area contributed by atoms with Gasteiger partial charge in [0.2, 0.25) is 0 Å². The van der Waals surface area contributed by atoms with Crippen LogP contribution < -0.4 is 5.32 Å². The van der Waals surface area contributed by atoms with E-state index in [1.807, 2.05) is 6.92 Å². The maximum atomic E-state index is 4.53. The van der Waals surface area contributed by atoms with Crippen molar-refractivity contribution < 1.29 is 0 Å². The van der Waals surface area contributed by atoms with Crippen LogP contribution in [0, 0.1) is 13.8 Å². The lowest BCUT2D eigenvalue weighted by Gasteiger charge is -2.30. The fraction of sp³-hybridized carbons (Fsp3) is 0.471. The molecule has 1 aliphatic rings. The van der Waals surface area contributed by atoms with Crippen LogP contribution in [0.15, 0.2) is 24.3 Å². The Morgan fingerprint density at radius 1 is 1.18 bits per heavy atom. The van der Waals surface area contributed by atoms with Gasteiger partial charge in [-0.3, -0.25) is 0 Å². The molecule has 5 nitrogen and oxygen atoms in total. The number of anilines is 1. The summed E-state index contributed by atoms with van der Waals surface area (Å²) >= 11 is 0. The Bertz CT molecular complexity index is 637. The number of likely N-dealkylation sites (tertiary alicyclic amines) is 1. The molecule has 0 amide bonds. The minimum absolute atomic E-state index is 0.708. The summed E-state index contributed by atoms with van der Waals surface area (Å²) in [6.07, 6.45) is 2.08. The Morgan fingerprint density at radius 3 is 2.77 bits per heavy atom. The van der Waals surface area contributed by atoms with E-state index in [4.69, 9.17) is 0 Å². The first-order valence-corrected chi connectivity index (χ1v) is 7.93. The van der Waals surface area contributed by atoms with Crippen molar-refractivity contribution in [3.63, 3.8) is 0 Å². The number of hydrogen-bond acceptors (Lipinski definition) is 5. The van der Waals surface area contributed by atoms with Gasteiger partial charge in [0, 0.05) is 19.5 Å². The van der Waals surface area contributed by atoms with Crippen LogP contribution in [0.2, 0.25) is 0 Å². The topological polar surface area (TPSA) is 53.9 Å². The van der Waals surface area contributed by atoms with E-state index >= 15 is 0 Å². The second-order valence-corrected chi connectivity index (χ2v) is 5.94. The number of nitrogens with zero attached hydrogens (tertiary/aromatic N) is 4. The normalized spacial score (nSPS) is 14.6. The van der Waals surface area contributed by atoms with Gasteiger partial charge in [-0.15, -0.1) is 10.2 Å². The van der Waals surface area contributed by atoms with Crippen LogP contribution in [0.5, 0.6) is 0 Å². The third-order valence-corrected chi connectivity index (χ3v) is 3.99. The van der Waals surface area contributed by atoms with Gasteiger partial charge in [0.05, 0.1) is 0 Å². The number of rotatable bonds is 6. The summed E-state index contributed by atoms with van der Waals surface area (Å²) in [6.45, 7) is 8.39. The molecule has 2 aromatic rings. The third kappa shape index (κ3) is 3.80. The van der Waals surface area contributed by atoms with Crippen LogP contribution in [-0.2, 0) is 6.42 Å². The van der Waals surface area contributed by atoms with Gasteiger partial charge in [-0.25, -0.2) is 4.98 Å². The molecule has 116 valence electrons. The highest BCUT2D eigenvalue weighted by Gasteiger charge is 2.13. The van der Waals surface area contributed by atoms with E-state index < -0.39 is 0 Å². The molecule has 1 fully saturated rings. The average molecular weight is 297 g/mol. The van der Waals surface area contributed by atoms with Crippen LogP contribution in [0.4, 0.5) is 5.82 Å². The van der Waals surface area contributed by atoms with E-state index in [0.29, 0.717) is 5.82 Å². The summed E-state index contributed by atoms with van der Waals surface area (Å²) in [5.41, 5.74) is 3.42. The molecule has 2 heterocycles. The molecule has 0 aliphatic carbocycles. The lowest BCUT2D eigenvalue weighted by molar-refractivity contribution is 0.189. The SMILES string of the molecule is Cc1cccc(Cc2nnc(C)nc2NCCN2CCC2)c1. The Labute approximate surface area is 131 Å². The standard InChI is InChI=1S/C17H23N5/c1-13-5-3-6-15(11-13)12-16-17(19-14(2)20-21-16)18-7-10-22-8-4-9-22/h3,5-6,11H,4,7-10,12H2,1-2H3,(H,18,19,20). The summed E-state index contributed by atoms with van der Waals surface area (Å²) in [5.74, 6) is 1.58. The molecular weight excluding hydrogens is 274 g/mol. The lowest BCUT2D eigenvalue weighted by atomic mass is 10.1. The second kappa shape index (κ2) is 6.83. The molecular formula is C17H23N5. The number of aryl methyl sites for hydroxylation is 2. The van der Waals surface area contributed by atoms with Crippen LogP contribution in [0.3, 0.4) is 0 Å². The maximum absolute atomic E-state index is 4.53. The number of aromatic nitrogens is 3. The van der Waals surface area contributed by atoms with Crippen molar-refractivity contribution in [2.75, 3.05) is 31.5 Å². The zero-order valence-electron chi connectivity index (χ0n) is 13.3. The maximum Gasteiger partial charge on any atom is 0.152 e. The van der Waals surface area contributed by atoms with Crippen LogP contribution in [0.1, 0.15) is 29.1 Å². The molecule has 1 saturated heterocycles. The van der Waals surface area contributed by atoms with E-state index in [1.165, 1.54) is 30.6 Å². The number of hydrogen-bond donors (Lipinski definition) is 1. The first kappa shape index (κ1) is 14.9. The molecule has 0 unspecified atom stereocenters. The molecule has 22 heavy (non-hydrogen) atoms. The van der Waals surface area contributed by atoms with Gasteiger partial charge in [0.15, 0.2) is 5.82 Å². The summed E-state index contributed by atoms with van der Waals surface area (Å²) < 4.78 is 0. The highest BCUT2D eigenvalue weighted by Crippen LogP contribution is 2.15. The molecule has 1 N–H and O–H groups in total. The van der Waals surface area contributed by atoms with Crippen molar-refractivity contribution in [2.24, 2.45) is 0 Å². The molecule has 1 aromatic heterocycles. The Morgan fingerprint density at radius 2 is 2.05 bits per heavy atom. The average Bonchev–Trinajstić information content (AvgIpc) is 2.44. The highest BCUT2D eigenvalue weighted by atomic mass is 15.2. The fourth-order valence-corrected chi connectivity index (χ4v) is 2.64. The second-order valence-electron chi connectivity index (χ2n) is 5.94. The summed E-state index contributed by atoms with van der Waals surface area (Å²) in [4.78, 5) is 6.97. The number of nitrogens with one attached hydrogen (secondary N) is 1. The predicted molar refractivity (Wildman–Crippen MR) is 88.1 cm³/mol. The first-order chi connectivity index (χ1) is 10.7. The fourth-order valence-electron chi connectivity index (χ4n) is 2.64. The smallest absolute Gasteiger partial charge is 0.152 e. The van der Waals surface area contributed by atoms with Gasteiger partial charge in [-0.1, -0.05) is 29.8 Å². The molecule has 0 bridgehead atoms. The zero-order chi connectivity index (χ0) is 15.4. The predicted octanol–water partition coefficient (Wildman–Crippen LogP) is 2.20. The van der Waals surface area contributed by atoms with Gasteiger partial charge in [-0.05, 0) is 38.9 Å². The van der Waals surface area contributed by atoms with E-state index in [1.54, 1.807) is 0 Å². The summed E-state index contributed by atoms with van der Waals surface area (Å²) in [5, 5.41) is 11.9. The quantitative estimate of drug-likeness (QED) is 0.886. The van der Waals surface area contributed by atoms with Gasteiger partial charge >= 0.3 is 0 Å². The van der Waals surface area contributed by atoms with Gasteiger partial charge < -0.3 is 10.2 Å². The monoisotopic (exact) mass is 297 g/mol. The van der Waals surface area contributed by atoms with Crippen molar-refractivity contribution in [3.8, 4) is 0 Å². The molecule has 0 spiro atoms. The van der Waals surface area contributed by atoms with Crippen LogP contribution >= 0.6 is 0 Å². The molecule has 0 radical (unpaired) electrons. The Hall–Kier alpha value is -2.01. The summed E-state index contributed by atoms with van der Waals surface area (Å²) in [6, 6.07) is 8.50. The Balaban J connectivity index is 1.69. The van der Waals surface area contributed by atoms with Crippen LogP contribution in [0.25, 0.3) is 0 Å². The minimum Gasteiger partial charge on any atom is -0.367 e. The van der Waals surface area contributed by atoms with Crippen molar-refractivity contribution in [1.82, 2.24) is 20.1 Å². The molecule has 3 rings (SSSR count). The third-order valence-electron chi connectivity index (χ3n) is 3.99. The molecule has 1 aromatic carbocycles. The van der Waals surface area contributed by atoms with Crippen molar-refractivity contribution in [2.45, 2.75) is 26.7 Å². The van der Waals surface area contributed by atoms with Crippen molar-refractivity contribution in [3.05, 3.63) is 46.9 Å². The molecule has 1 aliphatic heterocycles. The Kier molecular flexibility index (Phi) is 4.63. The van der Waals surface area contributed by atoms with E-state index in [2.05, 4.69) is 56.6 Å². The van der Waals surface area contributed by atoms with Gasteiger partial charge in [0.25, 0.3) is 0 Å². The van der Waals surface area contributed by atoms with E-state index in [0.717, 1.165) is 31.0 Å². The lowest BCUT2D eigenvalue weighted by Crippen LogP contribution is -2.40. The summed E-state index contributed by atoms with van der Waals surface area (Å²) in [7, 11) is 0. The van der Waals surface area contributed by atoms with Gasteiger partial charge in [0.1, 0.15) is 11.5 Å². The van der Waals surface area contributed by atoms with Crippen molar-refractivity contribution >= 4 is 5.82 Å². The number of benzene rings is 1. The minimum atomic E-state index is 0.708. The van der Waals surface area contributed by atoms with Crippen LogP contribution in [-0.4, -0.2) is 46.3 Å². The van der Waals surface area contributed by atoms with E-state index in [-0.39, 0.29) is 0 Å². The highest BCUT2D eigenvalue weighted by molar-refractivity contribution is 5.42. The van der Waals surface area contributed by atoms with Gasteiger partial charge in [-0.2, -0.15) is 0 Å². The van der Waals surface area contributed by atoms with Crippen molar-refractivity contribution in [1.29, 1.82) is 0 Å². The largest absolute Gasteiger partial charge is 0.367 e. The first-order valence-electron chi connectivity index (χ1n) is 7.93. The molecule has 5 heteroatoms. The van der Waals surface area contributed by atoms with E-state index in [9.17, 15) is 0 Å². The zero-order valence-corrected chi connectivity index (χ0v) is 13.3. The molecule has 0 saturated carbocycles.